The Bertz CT molecular complexity index is 344. The molecule has 0 aromatic carbocycles. The number of hydrogen-bond acceptors (Lipinski definition) is 6. The molecule has 0 aromatic heterocycles. The van der Waals surface area contributed by atoms with E-state index in [1.165, 1.54) is 0 Å². The highest BCUT2D eigenvalue weighted by atomic mass is 32.2. The van der Waals surface area contributed by atoms with E-state index in [4.69, 9.17) is 10.5 Å². The van der Waals surface area contributed by atoms with Gasteiger partial charge >= 0.3 is 16.3 Å². The van der Waals surface area contributed by atoms with Gasteiger partial charge in [-0.1, -0.05) is 0 Å². The lowest BCUT2D eigenvalue weighted by atomic mass is 10.4. The fourth-order valence-electron chi connectivity index (χ4n) is 1.23. The molecule has 0 radical (unpaired) electrons. The summed E-state index contributed by atoms with van der Waals surface area (Å²) >= 11 is 0. The second-order valence-electron chi connectivity index (χ2n) is 3.08. The molecule has 1 unspecified atom stereocenters. The summed E-state index contributed by atoms with van der Waals surface area (Å²) in [5.74, 6) is 0. The zero-order valence-corrected chi connectivity index (χ0v) is 9.70. The first-order valence-electron chi connectivity index (χ1n) is 4.77. The molecule has 1 aliphatic heterocycles. The molecule has 0 spiro atoms. The van der Waals surface area contributed by atoms with Crippen LogP contribution in [0.5, 0.6) is 0 Å². The predicted octanol–water partition coefficient (Wildman–Crippen LogP) is -1.41. The SMILES string of the molecule is CCOC(=O)NS(=O)(=O)N1CCOCC1N. The minimum Gasteiger partial charge on any atom is -0.449 e. The standard InChI is InChI=1S/C7H15N3O5S/c1-2-15-7(11)9-16(12,13)10-3-4-14-5-6(10)8/h6H,2-5,8H2,1H3,(H,9,11). The largest absolute Gasteiger partial charge is 0.449 e. The van der Waals surface area contributed by atoms with Crippen LogP contribution in [0.3, 0.4) is 0 Å². The van der Waals surface area contributed by atoms with Crippen LogP contribution in [0.1, 0.15) is 6.92 Å². The molecule has 0 saturated carbocycles. The lowest BCUT2D eigenvalue weighted by Gasteiger charge is -2.31. The van der Waals surface area contributed by atoms with Gasteiger partial charge in [0.25, 0.3) is 0 Å². The second-order valence-corrected chi connectivity index (χ2v) is 4.70. The van der Waals surface area contributed by atoms with Crippen molar-refractivity contribution in [2.75, 3.05) is 26.4 Å². The van der Waals surface area contributed by atoms with Crippen LogP contribution >= 0.6 is 0 Å². The van der Waals surface area contributed by atoms with Gasteiger partial charge in [-0.3, -0.25) is 0 Å². The monoisotopic (exact) mass is 253 g/mol. The number of carbonyl (C=O) groups is 1. The second kappa shape index (κ2) is 5.43. The molecule has 1 saturated heterocycles. The van der Waals surface area contributed by atoms with Crippen molar-refractivity contribution in [1.82, 2.24) is 9.03 Å². The number of carbonyl (C=O) groups excluding carboxylic acids is 1. The van der Waals surface area contributed by atoms with Gasteiger partial charge in [-0.15, -0.1) is 0 Å². The molecule has 1 amide bonds. The smallest absolute Gasteiger partial charge is 0.421 e. The first-order chi connectivity index (χ1) is 7.47. The van der Waals surface area contributed by atoms with Crippen molar-refractivity contribution in [1.29, 1.82) is 0 Å². The third-order valence-electron chi connectivity index (χ3n) is 1.91. The average Bonchev–Trinajstić information content (AvgIpc) is 2.17. The van der Waals surface area contributed by atoms with Gasteiger partial charge in [0.05, 0.1) is 26.0 Å². The number of nitrogens with zero attached hydrogens (tertiary/aromatic N) is 1. The molecule has 1 fully saturated rings. The fourth-order valence-corrected chi connectivity index (χ4v) is 2.35. The minimum atomic E-state index is -3.95. The van der Waals surface area contributed by atoms with E-state index in [9.17, 15) is 13.2 Å². The number of nitrogens with two attached hydrogens (primary N) is 1. The number of rotatable bonds is 3. The van der Waals surface area contributed by atoms with Crippen molar-refractivity contribution < 1.29 is 22.7 Å². The van der Waals surface area contributed by atoms with E-state index in [-0.39, 0.29) is 26.4 Å². The van der Waals surface area contributed by atoms with E-state index < -0.39 is 22.5 Å². The quantitative estimate of drug-likeness (QED) is 0.639. The van der Waals surface area contributed by atoms with E-state index in [2.05, 4.69) is 4.74 Å². The molecule has 1 atom stereocenters. The van der Waals surface area contributed by atoms with Gasteiger partial charge in [0, 0.05) is 6.54 Å². The van der Waals surface area contributed by atoms with Crippen LogP contribution < -0.4 is 10.5 Å². The zero-order chi connectivity index (χ0) is 12.2. The Labute approximate surface area is 93.9 Å². The number of hydrogen-bond donors (Lipinski definition) is 2. The summed E-state index contributed by atoms with van der Waals surface area (Å²) in [4.78, 5) is 11.0. The van der Waals surface area contributed by atoms with Crippen LogP contribution in [0, 0.1) is 0 Å². The summed E-state index contributed by atoms with van der Waals surface area (Å²) in [5, 5.41) is 0. The summed E-state index contributed by atoms with van der Waals surface area (Å²) in [7, 11) is -3.95. The molecule has 1 heterocycles. The Morgan fingerprint density at radius 2 is 2.38 bits per heavy atom. The van der Waals surface area contributed by atoms with Crippen LogP contribution in [0.15, 0.2) is 0 Å². The van der Waals surface area contributed by atoms with Gasteiger partial charge in [-0.05, 0) is 6.92 Å². The fraction of sp³-hybridized carbons (Fsp3) is 0.857. The van der Waals surface area contributed by atoms with Crippen molar-refractivity contribution in [3.63, 3.8) is 0 Å². The first kappa shape index (κ1) is 13.2. The van der Waals surface area contributed by atoms with Crippen LogP contribution in [0.2, 0.25) is 0 Å². The summed E-state index contributed by atoms with van der Waals surface area (Å²) in [6.07, 6.45) is -1.80. The number of ether oxygens (including phenoxy) is 2. The highest BCUT2D eigenvalue weighted by Crippen LogP contribution is 2.07. The summed E-state index contributed by atoms with van der Waals surface area (Å²) in [5.41, 5.74) is 5.54. The minimum absolute atomic E-state index is 0.0938. The normalized spacial score (nSPS) is 22.8. The van der Waals surface area contributed by atoms with Crippen LogP contribution in [0.25, 0.3) is 0 Å². The van der Waals surface area contributed by atoms with Crippen molar-refractivity contribution in [3.8, 4) is 0 Å². The Hall–Kier alpha value is -0.900. The maximum Gasteiger partial charge on any atom is 0.421 e. The highest BCUT2D eigenvalue weighted by Gasteiger charge is 2.32. The Morgan fingerprint density at radius 3 is 2.94 bits per heavy atom. The molecule has 0 aliphatic carbocycles. The average molecular weight is 253 g/mol. The predicted molar refractivity (Wildman–Crippen MR) is 54.6 cm³/mol. The van der Waals surface area contributed by atoms with Crippen molar-refractivity contribution >= 4 is 16.3 Å². The molecule has 1 aliphatic rings. The molecule has 0 aromatic rings. The van der Waals surface area contributed by atoms with Crippen LogP contribution in [-0.4, -0.2) is 51.3 Å². The third kappa shape index (κ3) is 3.30. The summed E-state index contributed by atoms with van der Waals surface area (Å²) in [6, 6.07) is 0. The van der Waals surface area contributed by atoms with E-state index >= 15 is 0 Å². The molecule has 8 nitrogen and oxygen atoms in total. The molecular formula is C7H15N3O5S. The molecule has 16 heavy (non-hydrogen) atoms. The highest BCUT2D eigenvalue weighted by molar-refractivity contribution is 7.87. The number of nitrogens with one attached hydrogen (secondary N) is 1. The van der Waals surface area contributed by atoms with Gasteiger partial charge in [-0.25, -0.2) is 9.52 Å². The van der Waals surface area contributed by atoms with Crippen LogP contribution in [-0.2, 0) is 19.7 Å². The Kier molecular flexibility index (Phi) is 4.47. The van der Waals surface area contributed by atoms with E-state index in [1.54, 1.807) is 11.6 Å². The van der Waals surface area contributed by atoms with Crippen molar-refractivity contribution in [2.24, 2.45) is 5.73 Å². The summed E-state index contributed by atoms with van der Waals surface area (Å²) in [6.45, 7) is 2.13. The number of morpholine rings is 1. The van der Waals surface area contributed by atoms with Gasteiger partial charge in [0.15, 0.2) is 0 Å². The zero-order valence-electron chi connectivity index (χ0n) is 8.88. The van der Waals surface area contributed by atoms with Gasteiger partial charge < -0.3 is 15.2 Å². The van der Waals surface area contributed by atoms with E-state index in [0.29, 0.717) is 0 Å². The lowest BCUT2D eigenvalue weighted by molar-refractivity contribution is 0.0343. The number of amides is 1. The van der Waals surface area contributed by atoms with Gasteiger partial charge in [0.2, 0.25) is 0 Å². The molecule has 3 N–H and O–H groups in total. The topological polar surface area (TPSA) is 111 Å². The van der Waals surface area contributed by atoms with Crippen LogP contribution in [0.4, 0.5) is 4.79 Å². The molecular weight excluding hydrogens is 238 g/mol. The van der Waals surface area contributed by atoms with Gasteiger partial charge in [-0.2, -0.15) is 12.7 Å². The Morgan fingerprint density at radius 1 is 1.69 bits per heavy atom. The maximum absolute atomic E-state index is 11.7. The van der Waals surface area contributed by atoms with E-state index in [1.807, 2.05) is 0 Å². The molecule has 94 valence electrons. The van der Waals surface area contributed by atoms with Crippen molar-refractivity contribution in [2.45, 2.75) is 13.1 Å². The summed E-state index contributed by atoms with van der Waals surface area (Å²) < 4.78 is 35.5. The molecule has 1 rings (SSSR count). The first-order valence-corrected chi connectivity index (χ1v) is 6.21. The molecule has 9 heteroatoms. The van der Waals surface area contributed by atoms with Crippen molar-refractivity contribution in [3.05, 3.63) is 0 Å². The van der Waals surface area contributed by atoms with E-state index in [0.717, 1.165) is 4.31 Å². The lowest BCUT2D eigenvalue weighted by Crippen LogP contribution is -2.57. The maximum atomic E-state index is 11.7. The Balaban J connectivity index is 2.65. The molecule has 0 bridgehead atoms. The van der Waals surface area contributed by atoms with Gasteiger partial charge in [0.1, 0.15) is 0 Å². The third-order valence-corrected chi connectivity index (χ3v) is 3.41.